The molecule has 5 aromatic rings. The number of hydrogen-bond acceptors (Lipinski definition) is 6. The van der Waals surface area contributed by atoms with Gasteiger partial charge in [-0.2, -0.15) is 9.78 Å². The predicted molar refractivity (Wildman–Crippen MR) is 159 cm³/mol. The molecule has 4 aromatic carbocycles. The minimum atomic E-state index is -0.497. The highest BCUT2D eigenvalue weighted by Gasteiger charge is 2.26. The third kappa shape index (κ3) is 4.82. The van der Waals surface area contributed by atoms with Crippen molar-refractivity contribution in [1.29, 1.82) is 0 Å². The van der Waals surface area contributed by atoms with E-state index in [0.29, 0.717) is 48.2 Å². The number of nitro groups is 1. The molecule has 1 amide bonds. The Bertz CT molecular complexity index is 1840. The molecule has 1 saturated heterocycles. The number of anilines is 1. The number of piperazine rings is 1. The third-order valence-corrected chi connectivity index (χ3v) is 7.54. The van der Waals surface area contributed by atoms with Gasteiger partial charge in [-0.1, -0.05) is 66.7 Å². The lowest BCUT2D eigenvalue weighted by Crippen LogP contribution is -2.49. The van der Waals surface area contributed by atoms with Crippen LogP contribution < -0.4 is 10.5 Å². The zero-order chi connectivity index (χ0) is 28.5. The Morgan fingerprint density at radius 2 is 1.49 bits per heavy atom. The van der Waals surface area contributed by atoms with E-state index in [1.807, 2.05) is 78.6 Å². The summed E-state index contributed by atoms with van der Waals surface area (Å²) in [6, 6.07) is 28.9. The topological polar surface area (TPSA) is 102 Å². The van der Waals surface area contributed by atoms with Gasteiger partial charge in [-0.3, -0.25) is 19.7 Å². The predicted octanol–water partition coefficient (Wildman–Crippen LogP) is 5.23. The Balaban J connectivity index is 1.38. The summed E-state index contributed by atoms with van der Waals surface area (Å²) in [6.07, 6.45) is 0. The summed E-state index contributed by atoms with van der Waals surface area (Å²) < 4.78 is 1.14. The number of nitro benzene ring substituents is 1. The standard InChI is InChI=1S/C32H27N5O4/c1-22-9-5-6-12-25(22)31(38)35-19-17-34(18-20-35)24-15-16-28(37(40)41)29(21-24)36-32(39)27-14-8-7-13-26(27)30(33-36)23-10-3-2-4-11-23/h2-16,21H,17-20H2,1H3. The van der Waals surface area contributed by atoms with Gasteiger partial charge in [0.25, 0.3) is 17.2 Å². The number of aromatic nitrogens is 2. The fraction of sp³-hybridized carbons (Fsp3) is 0.156. The summed E-state index contributed by atoms with van der Waals surface area (Å²) in [5, 5.41) is 17.9. The number of nitrogens with zero attached hydrogens (tertiary/aromatic N) is 5. The van der Waals surface area contributed by atoms with Gasteiger partial charge in [0.15, 0.2) is 0 Å². The molecular formula is C32H27N5O4. The Labute approximate surface area is 236 Å². The smallest absolute Gasteiger partial charge is 0.295 e. The van der Waals surface area contributed by atoms with Crippen molar-refractivity contribution in [3.05, 3.63) is 129 Å². The average Bonchev–Trinajstić information content (AvgIpc) is 3.01. The van der Waals surface area contributed by atoms with Gasteiger partial charge < -0.3 is 9.80 Å². The highest BCUT2D eigenvalue weighted by atomic mass is 16.6. The van der Waals surface area contributed by atoms with Crippen LogP contribution in [0.2, 0.25) is 0 Å². The van der Waals surface area contributed by atoms with Crippen LogP contribution in [0.15, 0.2) is 102 Å². The van der Waals surface area contributed by atoms with Gasteiger partial charge in [-0.25, -0.2) is 0 Å². The minimum absolute atomic E-state index is 0.00695. The number of carbonyl (C=O) groups excluding carboxylic acids is 1. The fourth-order valence-electron chi connectivity index (χ4n) is 5.35. The van der Waals surface area contributed by atoms with Gasteiger partial charge in [0.2, 0.25) is 0 Å². The van der Waals surface area contributed by atoms with E-state index in [9.17, 15) is 19.7 Å². The molecule has 9 nitrogen and oxygen atoms in total. The van der Waals surface area contributed by atoms with Crippen molar-refractivity contribution < 1.29 is 9.72 Å². The van der Waals surface area contributed by atoms with Crippen LogP contribution in [0.4, 0.5) is 11.4 Å². The Kier molecular flexibility index (Phi) is 6.76. The van der Waals surface area contributed by atoms with Gasteiger partial charge in [-0.15, -0.1) is 0 Å². The molecule has 41 heavy (non-hydrogen) atoms. The van der Waals surface area contributed by atoms with Crippen LogP contribution in [0.1, 0.15) is 15.9 Å². The number of rotatable bonds is 5. The second kappa shape index (κ2) is 10.7. The highest BCUT2D eigenvalue weighted by molar-refractivity contribution is 5.96. The quantitative estimate of drug-likeness (QED) is 0.221. The maximum absolute atomic E-state index is 13.7. The van der Waals surface area contributed by atoms with Crippen molar-refractivity contribution in [2.24, 2.45) is 0 Å². The minimum Gasteiger partial charge on any atom is -0.368 e. The molecule has 0 radical (unpaired) electrons. The van der Waals surface area contributed by atoms with Gasteiger partial charge in [-0.05, 0) is 36.8 Å². The zero-order valence-electron chi connectivity index (χ0n) is 22.4. The molecule has 2 heterocycles. The van der Waals surface area contributed by atoms with Crippen LogP contribution in [0.25, 0.3) is 27.7 Å². The summed E-state index contributed by atoms with van der Waals surface area (Å²) in [7, 11) is 0. The van der Waals surface area contributed by atoms with Crippen molar-refractivity contribution in [1.82, 2.24) is 14.7 Å². The maximum atomic E-state index is 13.7. The second-order valence-electron chi connectivity index (χ2n) is 10.0. The fourth-order valence-corrected chi connectivity index (χ4v) is 5.35. The van der Waals surface area contributed by atoms with E-state index >= 15 is 0 Å². The normalized spacial score (nSPS) is 13.4. The summed E-state index contributed by atoms with van der Waals surface area (Å²) in [4.78, 5) is 42.3. The second-order valence-corrected chi connectivity index (χ2v) is 10.0. The van der Waals surface area contributed by atoms with Crippen LogP contribution in [0.5, 0.6) is 0 Å². The molecule has 6 rings (SSSR count). The van der Waals surface area contributed by atoms with Crippen LogP contribution in [0.3, 0.4) is 0 Å². The van der Waals surface area contributed by atoms with Gasteiger partial charge in [0.1, 0.15) is 5.69 Å². The zero-order valence-corrected chi connectivity index (χ0v) is 22.4. The lowest BCUT2D eigenvalue weighted by Gasteiger charge is -2.36. The first-order chi connectivity index (χ1) is 19.9. The Morgan fingerprint density at radius 3 is 2.20 bits per heavy atom. The Hall–Kier alpha value is -5.31. The number of hydrogen-bond donors (Lipinski definition) is 0. The molecule has 0 bridgehead atoms. The average molecular weight is 546 g/mol. The molecule has 1 fully saturated rings. The lowest BCUT2D eigenvalue weighted by atomic mass is 10.0. The van der Waals surface area contributed by atoms with Gasteiger partial charge in [0, 0.05) is 54.4 Å². The van der Waals surface area contributed by atoms with Crippen LogP contribution in [-0.2, 0) is 0 Å². The third-order valence-electron chi connectivity index (χ3n) is 7.54. The SMILES string of the molecule is Cc1ccccc1C(=O)N1CCN(c2ccc([N+](=O)[O-])c(-n3nc(-c4ccccc4)c4ccccc4c3=O)c2)CC1. The van der Waals surface area contributed by atoms with Crippen LogP contribution >= 0.6 is 0 Å². The summed E-state index contributed by atoms with van der Waals surface area (Å²) in [6.45, 7) is 4.03. The van der Waals surface area contributed by atoms with E-state index in [4.69, 9.17) is 0 Å². The lowest BCUT2D eigenvalue weighted by molar-refractivity contribution is -0.384. The summed E-state index contributed by atoms with van der Waals surface area (Å²) in [5.74, 6) is -0.00695. The van der Waals surface area contributed by atoms with Crippen LogP contribution in [0, 0.1) is 17.0 Å². The van der Waals surface area contributed by atoms with Crippen molar-refractivity contribution >= 4 is 28.1 Å². The largest absolute Gasteiger partial charge is 0.368 e. The number of fused-ring (bicyclic) bond motifs is 1. The van der Waals surface area contributed by atoms with Crippen molar-refractivity contribution in [3.63, 3.8) is 0 Å². The van der Waals surface area contributed by atoms with E-state index in [-0.39, 0.29) is 17.3 Å². The molecule has 1 aliphatic rings. The molecule has 0 N–H and O–H groups in total. The van der Waals surface area contributed by atoms with E-state index in [0.717, 1.165) is 21.5 Å². The van der Waals surface area contributed by atoms with Gasteiger partial charge in [0.05, 0.1) is 16.0 Å². The van der Waals surface area contributed by atoms with Crippen molar-refractivity contribution in [2.45, 2.75) is 6.92 Å². The molecule has 0 atom stereocenters. The highest BCUT2D eigenvalue weighted by Crippen LogP contribution is 2.31. The molecule has 0 saturated carbocycles. The first kappa shape index (κ1) is 25.9. The molecule has 204 valence electrons. The number of aryl methyl sites for hydroxylation is 1. The van der Waals surface area contributed by atoms with Crippen molar-refractivity contribution in [3.8, 4) is 16.9 Å². The molecule has 0 unspecified atom stereocenters. The first-order valence-corrected chi connectivity index (χ1v) is 13.4. The van der Waals surface area contributed by atoms with E-state index < -0.39 is 10.5 Å². The van der Waals surface area contributed by atoms with Crippen molar-refractivity contribution in [2.75, 3.05) is 31.1 Å². The number of benzene rings is 4. The summed E-state index contributed by atoms with van der Waals surface area (Å²) >= 11 is 0. The van der Waals surface area contributed by atoms with E-state index in [2.05, 4.69) is 10.00 Å². The molecule has 1 aliphatic heterocycles. The van der Waals surface area contributed by atoms with E-state index in [1.54, 1.807) is 24.3 Å². The van der Waals surface area contributed by atoms with Gasteiger partial charge >= 0.3 is 0 Å². The first-order valence-electron chi connectivity index (χ1n) is 13.4. The molecule has 0 aliphatic carbocycles. The molecule has 0 spiro atoms. The number of carbonyl (C=O) groups is 1. The molecule has 9 heteroatoms. The summed E-state index contributed by atoms with van der Waals surface area (Å²) in [5.41, 5.74) is 3.14. The van der Waals surface area contributed by atoms with E-state index in [1.165, 1.54) is 6.07 Å². The van der Waals surface area contributed by atoms with Crippen LogP contribution in [-0.4, -0.2) is 51.7 Å². The Morgan fingerprint density at radius 1 is 0.829 bits per heavy atom. The monoisotopic (exact) mass is 545 g/mol. The maximum Gasteiger partial charge on any atom is 0.295 e. The number of amides is 1. The molecular weight excluding hydrogens is 518 g/mol. The molecule has 1 aromatic heterocycles.